The highest BCUT2D eigenvalue weighted by Gasteiger charge is 2.30. The third-order valence-electron chi connectivity index (χ3n) is 5.66. The van der Waals surface area contributed by atoms with Gasteiger partial charge in [0.25, 0.3) is 0 Å². The lowest BCUT2D eigenvalue weighted by molar-refractivity contribution is 0.218. The minimum atomic E-state index is 0.0579. The number of nitrogens with zero attached hydrogens (tertiary/aromatic N) is 3. The van der Waals surface area contributed by atoms with E-state index in [9.17, 15) is 4.79 Å². The number of carbonyl (C=O) groups is 1. The van der Waals surface area contributed by atoms with Crippen LogP contribution in [0.1, 0.15) is 16.8 Å². The van der Waals surface area contributed by atoms with Crippen LogP contribution in [-0.4, -0.2) is 41.3 Å². The number of nitrogens with one attached hydrogen (secondary N) is 1. The monoisotopic (exact) mass is 374 g/mol. The van der Waals surface area contributed by atoms with Crippen LogP contribution in [0.4, 0.5) is 10.5 Å². The van der Waals surface area contributed by atoms with Gasteiger partial charge in [-0.2, -0.15) is 5.10 Å². The van der Waals surface area contributed by atoms with Crippen LogP contribution >= 0.6 is 0 Å². The van der Waals surface area contributed by atoms with Crippen LogP contribution in [0.3, 0.4) is 0 Å². The van der Waals surface area contributed by atoms with E-state index in [0.717, 1.165) is 36.4 Å². The van der Waals surface area contributed by atoms with Crippen LogP contribution in [0.25, 0.3) is 11.1 Å². The molecule has 2 aliphatic rings. The van der Waals surface area contributed by atoms with Gasteiger partial charge in [-0.1, -0.05) is 18.2 Å². The quantitative estimate of drug-likeness (QED) is 0.759. The molecule has 1 fully saturated rings. The normalized spacial score (nSPS) is 15.5. The molecule has 1 aromatic heterocycles. The fourth-order valence-electron chi connectivity index (χ4n) is 4.17. The molecule has 6 nitrogen and oxygen atoms in total. The van der Waals surface area contributed by atoms with Crippen LogP contribution in [0.15, 0.2) is 48.7 Å². The molecule has 5 rings (SSSR count). The predicted octanol–water partition coefficient (Wildman–Crippen LogP) is 3.63. The first-order valence-corrected chi connectivity index (χ1v) is 9.58. The third kappa shape index (κ3) is 2.81. The van der Waals surface area contributed by atoms with E-state index in [-0.39, 0.29) is 6.03 Å². The molecule has 0 bridgehead atoms. The van der Waals surface area contributed by atoms with Gasteiger partial charge in [-0.25, -0.2) is 4.79 Å². The van der Waals surface area contributed by atoms with Crippen molar-refractivity contribution in [2.24, 2.45) is 0 Å². The molecule has 0 spiro atoms. The molecule has 28 heavy (non-hydrogen) atoms. The summed E-state index contributed by atoms with van der Waals surface area (Å²) in [6.45, 7) is 2.02. The van der Waals surface area contributed by atoms with Crippen LogP contribution in [0.5, 0.6) is 5.75 Å². The fraction of sp³-hybridized carbons (Fsp3) is 0.273. The second kappa shape index (κ2) is 6.71. The van der Waals surface area contributed by atoms with Gasteiger partial charge in [0.2, 0.25) is 0 Å². The lowest BCUT2D eigenvalue weighted by Gasteiger charge is -2.22. The first-order valence-electron chi connectivity index (χ1n) is 9.58. The highest BCUT2D eigenvalue weighted by atomic mass is 16.5. The van der Waals surface area contributed by atoms with Crippen molar-refractivity contribution in [1.29, 1.82) is 0 Å². The summed E-state index contributed by atoms with van der Waals surface area (Å²) < 4.78 is 5.29. The topological polar surface area (TPSA) is 61.5 Å². The highest BCUT2D eigenvalue weighted by molar-refractivity contribution is 5.94. The Hall–Kier alpha value is -3.28. The maximum atomic E-state index is 13.0. The zero-order valence-corrected chi connectivity index (χ0v) is 15.8. The number of benzene rings is 2. The summed E-state index contributed by atoms with van der Waals surface area (Å²) >= 11 is 0. The molecule has 1 N–H and O–H groups in total. The fourth-order valence-corrected chi connectivity index (χ4v) is 4.17. The second-order valence-electron chi connectivity index (χ2n) is 7.31. The molecule has 2 aromatic carbocycles. The van der Waals surface area contributed by atoms with Crippen LogP contribution < -0.4 is 9.64 Å². The van der Waals surface area contributed by atoms with Gasteiger partial charge >= 0.3 is 6.03 Å². The Morgan fingerprint density at radius 2 is 2.04 bits per heavy atom. The number of urea groups is 1. The molecule has 142 valence electrons. The predicted molar refractivity (Wildman–Crippen MR) is 108 cm³/mol. The van der Waals surface area contributed by atoms with E-state index in [4.69, 9.17) is 4.74 Å². The summed E-state index contributed by atoms with van der Waals surface area (Å²) in [6.07, 6.45) is 3.82. The molecular weight excluding hydrogens is 352 g/mol. The number of carbonyl (C=O) groups excluding carboxylic acids is 1. The Labute approximate surface area is 163 Å². The van der Waals surface area contributed by atoms with E-state index in [1.807, 2.05) is 46.3 Å². The smallest absolute Gasteiger partial charge is 0.324 e. The molecule has 1 aliphatic carbocycles. The Morgan fingerprint density at radius 1 is 1.11 bits per heavy atom. The van der Waals surface area contributed by atoms with E-state index in [1.54, 1.807) is 7.11 Å². The van der Waals surface area contributed by atoms with Crippen LogP contribution in [-0.2, 0) is 19.4 Å². The summed E-state index contributed by atoms with van der Waals surface area (Å²) in [5, 5.41) is 7.25. The number of aromatic nitrogens is 2. The Balaban J connectivity index is 1.36. The number of amides is 2. The molecule has 0 atom stereocenters. The molecular formula is C22H22N4O2. The molecule has 1 aliphatic heterocycles. The molecule has 1 saturated heterocycles. The van der Waals surface area contributed by atoms with Crippen molar-refractivity contribution in [2.75, 3.05) is 25.1 Å². The zero-order valence-electron chi connectivity index (χ0n) is 15.8. The maximum absolute atomic E-state index is 13.0. The van der Waals surface area contributed by atoms with E-state index in [1.165, 1.54) is 22.4 Å². The number of aromatic amines is 1. The van der Waals surface area contributed by atoms with Gasteiger partial charge in [-0.3, -0.25) is 10.00 Å². The lowest BCUT2D eigenvalue weighted by atomic mass is 9.89. The summed E-state index contributed by atoms with van der Waals surface area (Å²) in [7, 11) is 1.66. The van der Waals surface area contributed by atoms with E-state index in [2.05, 4.69) is 22.3 Å². The molecule has 0 radical (unpaired) electrons. The minimum Gasteiger partial charge on any atom is -0.497 e. The Morgan fingerprint density at radius 3 is 2.93 bits per heavy atom. The van der Waals surface area contributed by atoms with Crippen molar-refractivity contribution in [2.45, 2.75) is 19.4 Å². The zero-order chi connectivity index (χ0) is 19.1. The van der Waals surface area contributed by atoms with Crippen molar-refractivity contribution in [3.05, 3.63) is 65.5 Å². The van der Waals surface area contributed by atoms with Crippen LogP contribution in [0, 0.1) is 0 Å². The number of anilines is 1. The average molecular weight is 374 g/mol. The molecule has 2 heterocycles. The van der Waals surface area contributed by atoms with E-state index >= 15 is 0 Å². The second-order valence-corrected chi connectivity index (χ2v) is 7.31. The SMILES string of the molecule is COc1cccc(CN2CCN(c3ccc4c(c3)CCc3[nH]ncc3-4)C2=O)c1. The van der Waals surface area contributed by atoms with Gasteiger partial charge in [-0.15, -0.1) is 0 Å². The molecule has 0 unspecified atom stereocenters. The maximum Gasteiger partial charge on any atom is 0.324 e. The molecule has 6 heteroatoms. The van der Waals surface area contributed by atoms with Crippen LogP contribution in [0.2, 0.25) is 0 Å². The summed E-state index contributed by atoms with van der Waals surface area (Å²) in [5.41, 5.74) is 6.93. The summed E-state index contributed by atoms with van der Waals surface area (Å²) in [5.74, 6) is 0.814. The van der Waals surface area contributed by atoms with Crippen molar-refractivity contribution in [1.82, 2.24) is 15.1 Å². The van der Waals surface area contributed by atoms with Gasteiger partial charge < -0.3 is 9.64 Å². The number of H-pyrrole nitrogens is 1. The summed E-state index contributed by atoms with van der Waals surface area (Å²) in [4.78, 5) is 16.8. The number of hydrogen-bond donors (Lipinski definition) is 1. The molecule has 3 aromatic rings. The van der Waals surface area contributed by atoms with Gasteiger partial charge in [0, 0.05) is 36.6 Å². The number of methoxy groups -OCH3 is 1. The van der Waals surface area contributed by atoms with Crippen molar-refractivity contribution in [3.63, 3.8) is 0 Å². The lowest BCUT2D eigenvalue weighted by Crippen LogP contribution is -2.31. The van der Waals surface area contributed by atoms with E-state index in [0.29, 0.717) is 13.1 Å². The number of hydrogen-bond acceptors (Lipinski definition) is 3. The average Bonchev–Trinajstić information content (AvgIpc) is 3.35. The van der Waals surface area contributed by atoms with Gasteiger partial charge in [0.1, 0.15) is 5.75 Å². The van der Waals surface area contributed by atoms with Crippen molar-refractivity contribution < 1.29 is 9.53 Å². The van der Waals surface area contributed by atoms with Crippen molar-refractivity contribution >= 4 is 11.7 Å². The Kier molecular flexibility index (Phi) is 4.04. The third-order valence-corrected chi connectivity index (χ3v) is 5.66. The highest BCUT2D eigenvalue weighted by Crippen LogP contribution is 2.35. The minimum absolute atomic E-state index is 0.0579. The van der Waals surface area contributed by atoms with E-state index < -0.39 is 0 Å². The largest absolute Gasteiger partial charge is 0.497 e. The van der Waals surface area contributed by atoms with Gasteiger partial charge in [0.05, 0.1) is 13.3 Å². The number of ether oxygens (including phenoxy) is 1. The standard InChI is InChI=1S/C22H22N4O2/c1-28-18-4-2-3-15(11-18)14-25-9-10-26(22(25)27)17-6-7-19-16(12-17)5-8-21-20(19)13-23-24-21/h2-4,6-7,11-13H,5,8-10,14H2,1H3,(H,23,24). The first kappa shape index (κ1) is 16.9. The van der Waals surface area contributed by atoms with Crippen molar-refractivity contribution in [3.8, 4) is 16.9 Å². The molecule has 0 saturated carbocycles. The van der Waals surface area contributed by atoms with Gasteiger partial charge in [-0.05, 0) is 53.8 Å². The Bertz CT molecular complexity index is 1040. The summed E-state index contributed by atoms with van der Waals surface area (Å²) in [6, 6.07) is 14.3. The number of rotatable bonds is 4. The number of aryl methyl sites for hydroxylation is 2. The molecule has 2 amide bonds. The number of fused-ring (bicyclic) bond motifs is 3. The van der Waals surface area contributed by atoms with Gasteiger partial charge in [0.15, 0.2) is 0 Å². The first-order chi connectivity index (χ1) is 13.7.